The Bertz CT molecular complexity index is 575. The first kappa shape index (κ1) is 13.9. The lowest BCUT2D eigenvalue weighted by Gasteiger charge is -2.35. The van der Waals surface area contributed by atoms with Crippen LogP contribution in [0, 0.1) is 0 Å². The molecule has 0 radical (unpaired) electrons. The van der Waals surface area contributed by atoms with E-state index in [0.717, 1.165) is 6.42 Å². The van der Waals surface area contributed by atoms with Gasteiger partial charge in [-0.15, -0.1) is 0 Å². The number of nitrogens with two attached hydrogens (primary N) is 1. The van der Waals surface area contributed by atoms with Crippen molar-refractivity contribution >= 4 is 17.7 Å². The van der Waals surface area contributed by atoms with Gasteiger partial charge in [0.15, 0.2) is 0 Å². The lowest BCUT2D eigenvalue weighted by Crippen LogP contribution is -2.46. The standard InChI is InChI=1S/C15H19N3O3/c16-10-5-7-17(9-10)15(21)18-8-6-12(14(19)20)11-3-1-2-4-13(11)18/h1-4,10,12H,5-9,16H2,(H,19,20). The molecule has 0 aliphatic carbocycles. The molecule has 1 aromatic carbocycles. The number of carboxylic acid groups (broad SMARTS) is 1. The zero-order valence-electron chi connectivity index (χ0n) is 11.7. The van der Waals surface area contributed by atoms with Crippen LogP contribution in [-0.2, 0) is 4.79 Å². The molecule has 0 aromatic heterocycles. The number of benzene rings is 1. The van der Waals surface area contributed by atoms with Crippen LogP contribution in [0.5, 0.6) is 0 Å². The molecule has 3 rings (SSSR count). The van der Waals surface area contributed by atoms with Crippen LogP contribution in [-0.4, -0.2) is 47.7 Å². The summed E-state index contributed by atoms with van der Waals surface area (Å²) in [6.07, 6.45) is 1.26. The van der Waals surface area contributed by atoms with Gasteiger partial charge < -0.3 is 15.7 Å². The average molecular weight is 289 g/mol. The van der Waals surface area contributed by atoms with Crippen molar-refractivity contribution < 1.29 is 14.7 Å². The summed E-state index contributed by atoms with van der Waals surface area (Å²) in [5.41, 5.74) is 7.28. The van der Waals surface area contributed by atoms with Gasteiger partial charge in [0.1, 0.15) is 0 Å². The smallest absolute Gasteiger partial charge is 0.324 e. The predicted octanol–water partition coefficient (Wildman–Crippen LogP) is 1.22. The van der Waals surface area contributed by atoms with Gasteiger partial charge in [0, 0.05) is 31.4 Å². The molecule has 6 nitrogen and oxygen atoms in total. The predicted molar refractivity (Wildman–Crippen MR) is 78.3 cm³/mol. The van der Waals surface area contributed by atoms with Gasteiger partial charge in [0.05, 0.1) is 5.92 Å². The summed E-state index contributed by atoms with van der Waals surface area (Å²) in [5, 5.41) is 9.33. The molecule has 3 N–H and O–H groups in total. The van der Waals surface area contributed by atoms with Gasteiger partial charge in [-0.1, -0.05) is 18.2 Å². The molecular weight excluding hydrogens is 270 g/mol. The Hall–Kier alpha value is -2.08. The maximum Gasteiger partial charge on any atom is 0.324 e. The Labute approximate surface area is 123 Å². The van der Waals surface area contributed by atoms with Crippen LogP contribution >= 0.6 is 0 Å². The number of urea groups is 1. The van der Waals surface area contributed by atoms with E-state index in [-0.39, 0.29) is 12.1 Å². The number of anilines is 1. The number of para-hydroxylation sites is 1. The second-order valence-electron chi connectivity index (χ2n) is 5.67. The number of aliphatic carboxylic acids is 1. The summed E-state index contributed by atoms with van der Waals surface area (Å²) >= 11 is 0. The highest BCUT2D eigenvalue weighted by molar-refractivity contribution is 5.95. The summed E-state index contributed by atoms with van der Waals surface area (Å²) in [4.78, 5) is 27.4. The lowest BCUT2D eigenvalue weighted by molar-refractivity contribution is -0.139. The van der Waals surface area contributed by atoms with E-state index in [1.807, 2.05) is 18.2 Å². The van der Waals surface area contributed by atoms with Gasteiger partial charge in [-0.05, 0) is 24.5 Å². The number of nitrogens with zero attached hydrogens (tertiary/aromatic N) is 2. The van der Waals surface area contributed by atoms with E-state index < -0.39 is 11.9 Å². The molecule has 21 heavy (non-hydrogen) atoms. The first-order chi connectivity index (χ1) is 10.1. The zero-order chi connectivity index (χ0) is 15.0. The van der Waals surface area contributed by atoms with E-state index in [9.17, 15) is 14.7 Å². The summed E-state index contributed by atoms with van der Waals surface area (Å²) < 4.78 is 0. The fourth-order valence-electron chi connectivity index (χ4n) is 3.15. The van der Waals surface area contributed by atoms with Crippen LogP contribution in [0.15, 0.2) is 24.3 Å². The molecule has 112 valence electrons. The Morgan fingerprint density at radius 1 is 1.19 bits per heavy atom. The molecule has 0 saturated carbocycles. The van der Waals surface area contributed by atoms with Gasteiger partial charge in [-0.2, -0.15) is 0 Å². The largest absolute Gasteiger partial charge is 0.481 e. The summed E-state index contributed by atoms with van der Waals surface area (Å²) in [6, 6.07) is 7.23. The first-order valence-electron chi connectivity index (χ1n) is 7.21. The zero-order valence-corrected chi connectivity index (χ0v) is 11.7. The van der Waals surface area contributed by atoms with Crippen molar-refractivity contribution in [2.24, 2.45) is 5.73 Å². The van der Waals surface area contributed by atoms with E-state index in [1.165, 1.54) is 0 Å². The highest BCUT2D eigenvalue weighted by Crippen LogP contribution is 2.36. The van der Waals surface area contributed by atoms with Gasteiger partial charge in [-0.25, -0.2) is 4.79 Å². The Morgan fingerprint density at radius 2 is 1.95 bits per heavy atom. The molecule has 2 amide bonds. The molecule has 2 aliphatic rings. The molecule has 1 saturated heterocycles. The Kier molecular flexibility index (Phi) is 3.55. The van der Waals surface area contributed by atoms with Crippen molar-refractivity contribution in [3.63, 3.8) is 0 Å². The molecular formula is C15H19N3O3. The van der Waals surface area contributed by atoms with E-state index in [0.29, 0.717) is 37.3 Å². The number of hydrogen-bond donors (Lipinski definition) is 2. The van der Waals surface area contributed by atoms with Crippen LogP contribution in [0.3, 0.4) is 0 Å². The third-order valence-electron chi connectivity index (χ3n) is 4.27. The third-order valence-corrected chi connectivity index (χ3v) is 4.27. The van der Waals surface area contributed by atoms with Crippen LogP contribution in [0.4, 0.5) is 10.5 Å². The average Bonchev–Trinajstić information content (AvgIpc) is 2.91. The molecule has 2 unspecified atom stereocenters. The second-order valence-corrected chi connectivity index (χ2v) is 5.67. The van der Waals surface area contributed by atoms with Gasteiger partial charge in [-0.3, -0.25) is 9.69 Å². The number of rotatable bonds is 1. The van der Waals surface area contributed by atoms with Crippen molar-refractivity contribution in [3.8, 4) is 0 Å². The van der Waals surface area contributed by atoms with Crippen LogP contribution in [0.1, 0.15) is 24.3 Å². The molecule has 0 spiro atoms. The molecule has 1 aromatic rings. The fourth-order valence-corrected chi connectivity index (χ4v) is 3.15. The molecule has 2 atom stereocenters. The molecule has 2 aliphatic heterocycles. The summed E-state index contributed by atoms with van der Waals surface area (Å²) in [7, 11) is 0. The number of amides is 2. The minimum Gasteiger partial charge on any atom is -0.481 e. The number of likely N-dealkylation sites (tertiary alicyclic amines) is 1. The van der Waals surface area contributed by atoms with E-state index in [1.54, 1.807) is 15.9 Å². The van der Waals surface area contributed by atoms with Crippen LogP contribution in [0.2, 0.25) is 0 Å². The maximum atomic E-state index is 12.6. The Morgan fingerprint density at radius 3 is 2.62 bits per heavy atom. The molecule has 6 heteroatoms. The highest BCUT2D eigenvalue weighted by atomic mass is 16.4. The maximum absolute atomic E-state index is 12.6. The SMILES string of the molecule is NC1CCN(C(=O)N2CCC(C(=O)O)c3ccccc32)C1. The lowest BCUT2D eigenvalue weighted by atomic mass is 9.90. The quantitative estimate of drug-likeness (QED) is 0.813. The normalized spacial score (nSPS) is 24.8. The Balaban J connectivity index is 1.89. The molecule has 0 bridgehead atoms. The monoisotopic (exact) mass is 289 g/mol. The van der Waals surface area contributed by atoms with Crippen molar-refractivity contribution in [1.82, 2.24) is 4.90 Å². The van der Waals surface area contributed by atoms with Crippen LogP contribution in [0.25, 0.3) is 0 Å². The molecule has 2 heterocycles. The van der Waals surface area contributed by atoms with Gasteiger partial charge in [0.25, 0.3) is 0 Å². The first-order valence-corrected chi connectivity index (χ1v) is 7.21. The molecule has 1 fully saturated rings. The van der Waals surface area contributed by atoms with Crippen LogP contribution < -0.4 is 10.6 Å². The van der Waals surface area contributed by atoms with E-state index >= 15 is 0 Å². The van der Waals surface area contributed by atoms with Crippen molar-refractivity contribution in [3.05, 3.63) is 29.8 Å². The highest BCUT2D eigenvalue weighted by Gasteiger charge is 2.35. The number of carbonyl (C=O) groups is 2. The number of carbonyl (C=O) groups excluding carboxylic acids is 1. The van der Waals surface area contributed by atoms with Gasteiger partial charge in [0.2, 0.25) is 0 Å². The van der Waals surface area contributed by atoms with Crippen molar-refractivity contribution in [2.45, 2.75) is 24.8 Å². The topological polar surface area (TPSA) is 86.9 Å². The van der Waals surface area contributed by atoms with Crippen molar-refractivity contribution in [2.75, 3.05) is 24.5 Å². The van der Waals surface area contributed by atoms with E-state index in [4.69, 9.17) is 5.73 Å². The summed E-state index contributed by atoms with van der Waals surface area (Å²) in [5.74, 6) is -1.37. The second kappa shape index (κ2) is 5.37. The minimum atomic E-state index is -0.835. The fraction of sp³-hybridized carbons (Fsp3) is 0.467. The number of carboxylic acids is 1. The summed E-state index contributed by atoms with van der Waals surface area (Å²) in [6.45, 7) is 1.67. The number of hydrogen-bond acceptors (Lipinski definition) is 3. The third kappa shape index (κ3) is 2.47. The minimum absolute atomic E-state index is 0.0424. The number of fused-ring (bicyclic) bond motifs is 1. The van der Waals surface area contributed by atoms with Gasteiger partial charge >= 0.3 is 12.0 Å². The van der Waals surface area contributed by atoms with Crippen molar-refractivity contribution in [1.29, 1.82) is 0 Å². The van der Waals surface area contributed by atoms with E-state index in [2.05, 4.69) is 0 Å².